The predicted octanol–water partition coefficient (Wildman–Crippen LogP) is 2.20. The summed E-state index contributed by atoms with van der Waals surface area (Å²) >= 11 is 1.69. The minimum Gasteiger partial charge on any atom is -0.354 e. The maximum absolute atomic E-state index is 4.43. The van der Waals surface area contributed by atoms with Gasteiger partial charge in [0.05, 0.1) is 5.69 Å². The van der Waals surface area contributed by atoms with Gasteiger partial charge in [-0.2, -0.15) is 11.3 Å². The van der Waals surface area contributed by atoms with Crippen LogP contribution in [0.5, 0.6) is 0 Å². The quantitative estimate of drug-likeness (QED) is 0.847. The van der Waals surface area contributed by atoms with Crippen molar-refractivity contribution >= 4 is 17.2 Å². The fourth-order valence-corrected chi connectivity index (χ4v) is 4.12. The summed E-state index contributed by atoms with van der Waals surface area (Å²) < 4.78 is 0. The molecule has 0 spiro atoms. The van der Waals surface area contributed by atoms with Gasteiger partial charge in [-0.15, -0.1) is 10.2 Å². The Balaban J connectivity index is 1.50. The number of thiophene rings is 1. The van der Waals surface area contributed by atoms with Crippen molar-refractivity contribution in [3.63, 3.8) is 0 Å². The molecule has 2 aromatic heterocycles. The molecule has 2 aliphatic rings. The van der Waals surface area contributed by atoms with Gasteiger partial charge in [0.15, 0.2) is 5.82 Å². The van der Waals surface area contributed by atoms with Gasteiger partial charge >= 0.3 is 0 Å². The lowest BCUT2D eigenvalue weighted by atomic mass is 10.0. The van der Waals surface area contributed by atoms with Gasteiger partial charge in [0, 0.05) is 37.1 Å². The fourth-order valence-electron chi connectivity index (χ4n) is 3.47. The van der Waals surface area contributed by atoms with Gasteiger partial charge in [-0.25, -0.2) is 0 Å². The molecule has 2 atom stereocenters. The molecular formula is C15H18N4S. The second-order valence-electron chi connectivity index (χ2n) is 5.94. The Hall–Kier alpha value is -1.46. The molecule has 104 valence electrons. The molecule has 2 aromatic rings. The number of likely N-dealkylation sites (tertiary alicyclic amines) is 1. The van der Waals surface area contributed by atoms with E-state index < -0.39 is 0 Å². The molecule has 5 heteroatoms. The maximum atomic E-state index is 4.43. The first kappa shape index (κ1) is 12.3. The van der Waals surface area contributed by atoms with Crippen molar-refractivity contribution in [2.75, 3.05) is 38.1 Å². The number of nitrogens with zero attached hydrogens (tertiary/aromatic N) is 4. The summed E-state index contributed by atoms with van der Waals surface area (Å²) in [5.41, 5.74) is 2.13. The third kappa shape index (κ3) is 2.11. The number of aromatic nitrogens is 2. The maximum Gasteiger partial charge on any atom is 0.151 e. The van der Waals surface area contributed by atoms with Gasteiger partial charge in [0.1, 0.15) is 0 Å². The molecule has 0 N–H and O–H groups in total. The Labute approximate surface area is 123 Å². The largest absolute Gasteiger partial charge is 0.354 e. The van der Waals surface area contributed by atoms with Crippen LogP contribution in [0.15, 0.2) is 29.0 Å². The van der Waals surface area contributed by atoms with Gasteiger partial charge in [-0.3, -0.25) is 0 Å². The van der Waals surface area contributed by atoms with Crippen molar-refractivity contribution in [2.45, 2.75) is 0 Å². The summed E-state index contributed by atoms with van der Waals surface area (Å²) in [7, 11) is 2.22. The van der Waals surface area contributed by atoms with Crippen molar-refractivity contribution in [1.29, 1.82) is 0 Å². The lowest BCUT2D eigenvalue weighted by molar-refractivity contribution is 0.387. The van der Waals surface area contributed by atoms with Crippen LogP contribution in [0.4, 0.5) is 5.82 Å². The summed E-state index contributed by atoms with van der Waals surface area (Å²) in [4.78, 5) is 4.84. The molecule has 2 unspecified atom stereocenters. The van der Waals surface area contributed by atoms with Crippen LogP contribution in [0.3, 0.4) is 0 Å². The van der Waals surface area contributed by atoms with E-state index >= 15 is 0 Å². The van der Waals surface area contributed by atoms with Gasteiger partial charge in [-0.1, -0.05) is 0 Å². The fraction of sp³-hybridized carbons (Fsp3) is 0.467. The molecule has 0 saturated carbocycles. The average molecular weight is 286 g/mol. The van der Waals surface area contributed by atoms with Crippen LogP contribution in [-0.4, -0.2) is 48.3 Å². The topological polar surface area (TPSA) is 32.3 Å². The summed E-state index contributed by atoms with van der Waals surface area (Å²) in [5.74, 6) is 2.64. The van der Waals surface area contributed by atoms with Gasteiger partial charge in [0.2, 0.25) is 0 Å². The standard InChI is InChI=1S/C15H18N4S/c1-18-6-12-8-19(9-13(12)7-18)15-3-2-14(16-17-15)11-4-5-20-10-11/h2-5,10,12-13H,6-9H2,1H3. The minimum atomic E-state index is 0.804. The van der Waals surface area contributed by atoms with Gasteiger partial charge in [-0.05, 0) is 42.5 Å². The Kier molecular flexibility index (Phi) is 2.97. The SMILES string of the molecule is CN1CC2CN(c3ccc(-c4ccsc4)nn3)CC2C1. The second-order valence-corrected chi connectivity index (χ2v) is 6.72. The molecule has 2 saturated heterocycles. The van der Waals surface area contributed by atoms with E-state index in [1.54, 1.807) is 11.3 Å². The monoisotopic (exact) mass is 286 g/mol. The molecule has 0 aromatic carbocycles. The Morgan fingerprint density at radius 1 is 1.05 bits per heavy atom. The Morgan fingerprint density at radius 3 is 2.45 bits per heavy atom. The number of rotatable bonds is 2. The average Bonchev–Trinajstić information content (AvgIpc) is 3.13. The van der Waals surface area contributed by atoms with Crippen molar-refractivity contribution in [1.82, 2.24) is 15.1 Å². The molecule has 2 aliphatic heterocycles. The first-order valence-corrected chi connectivity index (χ1v) is 8.03. The van der Waals surface area contributed by atoms with E-state index in [0.717, 1.165) is 42.0 Å². The van der Waals surface area contributed by atoms with Crippen LogP contribution in [0, 0.1) is 11.8 Å². The minimum absolute atomic E-state index is 0.804. The molecule has 2 fully saturated rings. The first-order chi connectivity index (χ1) is 9.79. The number of hydrogen-bond acceptors (Lipinski definition) is 5. The second kappa shape index (κ2) is 4.82. The predicted molar refractivity (Wildman–Crippen MR) is 82.0 cm³/mol. The van der Waals surface area contributed by atoms with Crippen LogP contribution in [-0.2, 0) is 0 Å². The van der Waals surface area contributed by atoms with E-state index in [-0.39, 0.29) is 0 Å². The van der Waals surface area contributed by atoms with Crippen molar-refractivity contribution in [3.05, 3.63) is 29.0 Å². The number of hydrogen-bond donors (Lipinski definition) is 0. The molecule has 0 bridgehead atoms. The number of fused-ring (bicyclic) bond motifs is 1. The van der Waals surface area contributed by atoms with E-state index in [4.69, 9.17) is 0 Å². The van der Waals surface area contributed by atoms with Crippen LogP contribution in [0.25, 0.3) is 11.3 Å². The highest BCUT2D eigenvalue weighted by atomic mass is 32.1. The first-order valence-electron chi connectivity index (χ1n) is 7.09. The summed E-state index contributed by atoms with van der Waals surface area (Å²) in [6, 6.07) is 6.29. The number of anilines is 1. The van der Waals surface area contributed by atoms with E-state index in [0.29, 0.717) is 0 Å². The van der Waals surface area contributed by atoms with Gasteiger partial charge in [0.25, 0.3) is 0 Å². The molecule has 20 heavy (non-hydrogen) atoms. The highest BCUT2D eigenvalue weighted by molar-refractivity contribution is 7.08. The van der Waals surface area contributed by atoms with Crippen LogP contribution < -0.4 is 4.90 Å². The third-order valence-electron chi connectivity index (χ3n) is 4.46. The summed E-state index contributed by atoms with van der Waals surface area (Å²) in [6.07, 6.45) is 0. The highest BCUT2D eigenvalue weighted by Gasteiger charge is 2.39. The van der Waals surface area contributed by atoms with E-state index in [1.807, 2.05) is 0 Å². The molecule has 4 rings (SSSR count). The van der Waals surface area contributed by atoms with Crippen molar-refractivity contribution in [2.24, 2.45) is 11.8 Å². The molecule has 0 aliphatic carbocycles. The summed E-state index contributed by atoms with van der Waals surface area (Å²) in [6.45, 7) is 4.70. The van der Waals surface area contributed by atoms with Crippen molar-refractivity contribution < 1.29 is 0 Å². The lowest BCUT2D eigenvalue weighted by Gasteiger charge is -2.19. The lowest BCUT2D eigenvalue weighted by Crippen LogP contribution is -2.27. The van der Waals surface area contributed by atoms with E-state index in [1.165, 1.54) is 13.1 Å². The Bertz CT molecular complexity index is 566. The molecule has 4 nitrogen and oxygen atoms in total. The Morgan fingerprint density at radius 2 is 1.85 bits per heavy atom. The van der Waals surface area contributed by atoms with Crippen LogP contribution in [0.2, 0.25) is 0 Å². The molecule has 4 heterocycles. The highest BCUT2D eigenvalue weighted by Crippen LogP contribution is 2.32. The zero-order chi connectivity index (χ0) is 13.5. The normalized spacial score (nSPS) is 26.1. The zero-order valence-electron chi connectivity index (χ0n) is 11.6. The zero-order valence-corrected chi connectivity index (χ0v) is 12.4. The molecule has 0 radical (unpaired) electrons. The van der Waals surface area contributed by atoms with E-state index in [2.05, 4.69) is 56.0 Å². The summed E-state index contributed by atoms with van der Waals surface area (Å²) in [5, 5.41) is 13.0. The smallest absolute Gasteiger partial charge is 0.151 e. The van der Waals surface area contributed by atoms with E-state index in [9.17, 15) is 0 Å². The van der Waals surface area contributed by atoms with Crippen LogP contribution >= 0.6 is 11.3 Å². The van der Waals surface area contributed by atoms with Crippen molar-refractivity contribution in [3.8, 4) is 11.3 Å². The van der Waals surface area contributed by atoms with Gasteiger partial charge < -0.3 is 9.80 Å². The molecule has 0 amide bonds. The molecular weight excluding hydrogens is 268 g/mol. The van der Waals surface area contributed by atoms with Crippen LogP contribution in [0.1, 0.15) is 0 Å². The third-order valence-corrected chi connectivity index (χ3v) is 5.14.